The third-order valence-electron chi connectivity index (χ3n) is 6.83. The normalized spacial score (nSPS) is 15.5. The molecule has 2 atom stereocenters. The number of nitrogen functional groups attached to an aromatic ring is 1. The van der Waals surface area contributed by atoms with E-state index in [0.29, 0.717) is 0 Å². The van der Waals surface area contributed by atoms with Gasteiger partial charge in [-0.05, 0) is 86.0 Å². The molecule has 3 aromatic carbocycles. The highest BCUT2D eigenvalue weighted by Gasteiger charge is 2.28. The monoisotopic (exact) mass is 619 g/mol. The van der Waals surface area contributed by atoms with Crippen LogP contribution in [0.5, 0.6) is 0 Å². The van der Waals surface area contributed by atoms with Crippen LogP contribution in [0.2, 0.25) is 0 Å². The molecular weight excluding hydrogens is 583 g/mol. The predicted molar refractivity (Wildman–Crippen MR) is 166 cm³/mol. The molecule has 1 saturated heterocycles. The number of rotatable bonds is 10. The van der Waals surface area contributed by atoms with Crippen molar-refractivity contribution in [2.24, 2.45) is 0 Å². The van der Waals surface area contributed by atoms with Crippen LogP contribution < -0.4 is 5.73 Å². The topological polar surface area (TPSA) is 52.7 Å². The summed E-state index contributed by atoms with van der Waals surface area (Å²) in [7, 11) is 0. The summed E-state index contributed by atoms with van der Waals surface area (Å²) in [4.78, 5) is 5.93. The number of thioether (sulfide) groups is 1. The number of halogens is 5. The minimum atomic E-state index is -0.453. The first kappa shape index (κ1) is 35.4. The lowest BCUT2D eigenvalue weighted by Crippen LogP contribution is -2.52. The minimum absolute atomic E-state index is 0. The number of hydrogen-bond acceptors (Lipinski definition) is 5. The number of nitrogens with zero attached hydrogens (tertiary/aromatic N) is 2. The maximum Gasteiger partial charge on any atom is 0.123 e. The largest absolute Gasteiger partial charge is 0.399 e. The zero-order valence-electron chi connectivity index (χ0n) is 21.9. The van der Waals surface area contributed by atoms with Crippen molar-refractivity contribution in [2.45, 2.75) is 42.1 Å². The summed E-state index contributed by atoms with van der Waals surface area (Å²) in [5, 5.41) is 10.4. The average Bonchev–Trinajstić information content (AvgIpc) is 2.88. The minimum Gasteiger partial charge on any atom is -0.399 e. The van der Waals surface area contributed by atoms with Crippen LogP contribution in [0.4, 0.5) is 14.5 Å². The van der Waals surface area contributed by atoms with Gasteiger partial charge >= 0.3 is 0 Å². The van der Waals surface area contributed by atoms with Crippen LogP contribution in [0.15, 0.2) is 77.7 Å². The lowest BCUT2D eigenvalue weighted by atomic mass is 9.87. The Morgan fingerprint density at radius 2 is 1.28 bits per heavy atom. The van der Waals surface area contributed by atoms with E-state index in [9.17, 15) is 13.9 Å². The van der Waals surface area contributed by atoms with Crippen LogP contribution in [0.1, 0.15) is 36.8 Å². The molecule has 1 fully saturated rings. The Hall–Kier alpha value is -1.58. The molecule has 39 heavy (non-hydrogen) atoms. The molecule has 0 bridgehead atoms. The molecule has 0 radical (unpaired) electrons. The fraction of sp³-hybridized carbons (Fsp3) is 0.379. The van der Waals surface area contributed by atoms with E-state index in [-0.39, 0.29) is 60.1 Å². The Morgan fingerprint density at radius 3 is 1.74 bits per heavy atom. The zero-order chi connectivity index (χ0) is 25.5. The van der Waals surface area contributed by atoms with Crippen molar-refractivity contribution in [1.82, 2.24) is 9.80 Å². The number of aliphatic hydroxyl groups is 1. The van der Waals surface area contributed by atoms with Gasteiger partial charge in [0.2, 0.25) is 0 Å². The molecular formula is C29H38Cl3F2N3OS. The van der Waals surface area contributed by atoms with E-state index in [4.69, 9.17) is 5.73 Å². The molecule has 4 nitrogen and oxygen atoms in total. The maximum atomic E-state index is 13.5. The second kappa shape index (κ2) is 17.3. The van der Waals surface area contributed by atoms with E-state index in [1.165, 1.54) is 24.3 Å². The van der Waals surface area contributed by atoms with Gasteiger partial charge in [-0.1, -0.05) is 24.3 Å². The molecule has 1 heterocycles. The van der Waals surface area contributed by atoms with Gasteiger partial charge in [-0.3, -0.25) is 4.90 Å². The highest BCUT2D eigenvalue weighted by molar-refractivity contribution is 8.00. The van der Waals surface area contributed by atoms with E-state index >= 15 is 0 Å². The molecule has 0 aliphatic carbocycles. The van der Waals surface area contributed by atoms with E-state index < -0.39 is 6.10 Å². The van der Waals surface area contributed by atoms with Gasteiger partial charge in [-0.25, -0.2) is 8.78 Å². The van der Waals surface area contributed by atoms with E-state index in [1.807, 2.05) is 55.5 Å². The molecule has 1 aliphatic rings. The Bertz CT molecular complexity index is 1040. The van der Waals surface area contributed by atoms with Crippen molar-refractivity contribution < 1.29 is 13.9 Å². The van der Waals surface area contributed by atoms with E-state index in [0.717, 1.165) is 67.3 Å². The summed E-state index contributed by atoms with van der Waals surface area (Å²) in [5.74, 6) is -0.400. The van der Waals surface area contributed by atoms with Crippen LogP contribution in [-0.2, 0) is 0 Å². The standard InChI is InChI=1S/C29H35F2N3OS.3ClH/c1-21(35)29(36-27-14-12-26(32)13-15-27)34-19-17-33(18-20-34)16-2-3-28(22-4-8-24(30)9-5-22)23-6-10-25(31)11-7-23;;;/h4-15,21,28-29,35H,2-3,16-20,32H2,1H3;3*1H. The number of nitrogens with two attached hydrogens (primary N) is 1. The van der Waals surface area contributed by atoms with Gasteiger partial charge in [-0.2, -0.15) is 0 Å². The Kier molecular flexibility index (Phi) is 15.7. The Morgan fingerprint density at radius 1 is 0.795 bits per heavy atom. The van der Waals surface area contributed by atoms with Crippen molar-refractivity contribution in [3.05, 3.63) is 95.6 Å². The highest BCUT2D eigenvalue weighted by Crippen LogP contribution is 2.31. The summed E-state index contributed by atoms with van der Waals surface area (Å²) in [6.07, 6.45) is 1.44. The number of hydrogen-bond donors (Lipinski definition) is 2. The van der Waals surface area contributed by atoms with Gasteiger partial charge in [-0.15, -0.1) is 49.0 Å². The second-order valence-corrected chi connectivity index (χ2v) is 10.7. The quantitative estimate of drug-likeness (QED) is 0.192. The number of aliphatic hydroxyl groups excluding tert-OH is 1. The van der Waals surface area contributed by atoms with Crippen LogP contribution in [0.3, 0.4) is 0 Å². The van der Waals surface area contributed by atoms with Gasteiger partial charge in [0.05, 0.1) is 11.5 Å². The van der Waals surface area contributed by atoms with Crippen LogP contribution in [-0.4, -0.2) is 59.1 Å². The molecule has 1 aliphatic heterocycles. The predicted octanol–water partition coefficient (Wildman–Crippen LogP) is 6.84. The summed E-state index contributed by atoms with van der Waals surface area (Å²) < 4.78 is 27.0. The van der Waals surface area contributed by atoms with Crippen molar-refractivity contribution in [3.8, 4) is 0 Å². The van der Waals surface area contributed by atoms with Crippen LogP contribution in [0.25, 0.3) is 0 Å². The Balaban J connectivity index is 0.00000253. The first-order valence-corrected chi connectivity index (χ1v) is 13.4. The maximum absolute atomic E-state index is 13.5. The van der Waals surface area contributed by atoms with Gasteiger partial charge in [0.25, 0.3) is 0 Å². The fourth-order valence-corrected chi connectivity index (χ4v) is 5.97. The van der Waals surface area contributed by atoms with Gasteiger partial charge in [0.15, 0.2) is 0 Å². The number of anilines is 1. The molecule has 2 unspecified atom stereocenters. The summed E-state index contributed by atoms with van der Waals surface area (Å²) in [6.45, 7) is 6.52. The molecule has 3 N–H and O–H groups in total. The highest BCUT2D eigenvalue weighted by atomic mass is 35.5. The van der Waals surface area contributed by atoms with Gasteiger partial charge in [0.1, 0.15) is 11.6 Å². The van der Waals surface area contributed by atoms with Crippen molar-refractivity contribution in [3.63, 3.8) is 0 Å². The van der Waals surface area contributed by atoms with Gasteiger partial charge in [0, 0.05) is 42.7 Å². The second-order valence-electron chi connectivity index (χ2n) is 9.49. The van der Waals surface area contributed by atoms with E-state index in [2.05, 4.69) is 9.80 Å². The molecule has 4 rings (SSSR count). The smallest absolute Gasteiger partial charge is 0.123 e. The third kappa shape index (κ3) is 10.4. The summed E-state index contributed by atoms with van der Waals surface area (Å²) >= 11 is 1.68. The lowest BCUT2D eigenvalue weighted by molar-refractivity contribution is 0.0650. The van der Waals surface area contributed by atoms with Gasteiger partial charge < -0.3 is 15.7 Å². The average molecular weight is 621 g/mol. The van der Waals surface area contributed by atoms with Crippen molar-refractivity contribution in [2.75, 3.05) is 38.5 Å². The molecule has 0 saturated carbocycles. The molecule has 0 spiro atoms. The summed E-state index contributed by atoms with van der Waals surface area (Å²) in [6, 6.07) is 21.1. The summed E-state index contributed by atoms with van der Waals surface area (Å²) in [5.41, 5.74) is 8.64. The Labute approximate surface area is 253 Å². The number of benzene rings is 3. The molecule has 3 aromatic rings. The molecule has 10 heteroatoms. The first-order valence-electron chi connectivity index (χ1n) is 12.6. The molecule has 216 valence electrons. The third-order valence-corrected chi connectivity index (χ3v) is 8.31. The first-order chi connectivity index (χ1) is 17.4. The van der Waals surface area contributed by atoms with Crippen LogP contribution >= 0.6 is 49.0 Å². The zero-order valence-corrected chi connectivity index (χ0v) is 25.2. The van der Waals surface area contributed by atoms with Crippen molar-refractivity contribution >= 4 is 54.7 Å². The van der Waals surface area contributed by atoms with E-state index in [1.54, 1.807) is 11.8 Å². The lowest BCUT2D eigenvalue weighted by Gasteiger charge is -2.40. The molecule has 0 amide bonds. The van der Waals surface area contributed by atoms with Crippen molar-refractivity contribution in [1.29, 1.82) is 0 Å². The number of piperazine rings is 1. The fourth-order valence-electron chi connectivity index (χ4n) is 4.84. The molecule has 0 aromatic heterocycles. The van der Waals surface area contributed by atoms with Crippen LogP contribution in [0, 0.1) is 11.6 Å². The SMILES string of the molecule is CC(O)C(Sc1ccc(N)cc1)N1CCN(CCCC(c2ccc(F)cc2)c2ccc(F)cc2)CC1.Cl.Cl.Cl.